The van der Waals surface area contributed by atoms with Crippen LogP contribution in [0.25, 0.3) is 0 Å². The molecule has 13 heavy (non-hydrogen) atoms. The summed E-state index contributed by atoms with van der Waals surface area (Å²) in [6, 6.07) is 0. The van der Waals surface area contributed by atoms with Crippen LogP contribution in [0.1, 0.15) is 0 Å². The van der Waals surface area contributed by atoms with Gasteiger partial charge in [0.05, 0.1) is 0 Å². The van der Waals surface area contributed by atoms with Gasteiger partial charge in [0.2, 0.25) is 0 Å². The zero-order chi connectivity index (χ0) is 10.5. The maximum atomic E-state index is 11.8. The standard InChI is InChI=1S/C9H11F3Si/c1-4-13(5-2,6-3)8-7-9(10,11)12/h4-8H,1-3H2. The molecule has 0 unspecified atom stereocenters. The quantitative estimate of drug-likeness (QED) is 0.616. The molecule has 0 aromatic heterocycles. The fraction of sp³-hybridized carbons (Fsp3) is 0.111. The molecule has 0 nitrogen and oxygen atoms in total. The van der Waals surface area contributed by atoms with E-state index in [0.29, 0.717) is 0 Å². The lowest BCUT2D eigenvalue weighted by Crippen LogP contribution is -2.24. The van der Waals surface area contributed by atoms with E-state index in [-0.39, 0.29) is 6.08 Å². The molecule has 0 amide bonds. The molecule has 0 heterocycles. The lowest BCUT2D eigenvalue weighted by molar-refractivity contribution is -0.0797. The van der Waals surface area contributed by atoms with E-state index < -0.39 is 14.3 Å². The average molecular weight is 204 g/mol. The summed E-state index contributed by atoms with van der Waals surface area (Å²) in [5.74, 6) is 0. The Balaban J connectivity index is 4.80. The number of hydrogen-bond donors (Lipinski definition) is 0. The van der Waals surface area contributed by atoms with Crippen LogP contribution >= 0.6 is 0 Å². The second-order valence-corrected chi connectivity index (χ2v) is 6.05. The average Bonchev–Trinajstić information content (AvgIpc) is 2.06. The number of halogens is 3. The van der Waals surface area contributed by atoms with Crippen molar-refractivity contribution in [2.45, 2.75) is 6.18 Å². The summed E-state index contributed by atoms with van der Waals surface area (Å²) in [7, 11) is -2.44. The first-order valence-corrected chi connectivity index (χ1v) is 5.88. The number of rotatable bonds is 4. The highest BCUT2D eigenvalue weighted by Gasteiger charge is 2.26. The molecule has 0 aromatic rings. The van der Waals surface area contributed by atoms with Gasteiger partial charge >= 0.3 is 6.18 Å². The second kappa shape index (κ2) is 4.27. The van der Waals surface area contributed by atoms with Crippen LogP contribution in [0, 0.1) is 0 Å². The summed E-state index contributed by atoms with van der Waals surface area (Å²) in [6.07, 6.45) is -4.07. The fourth-order valence-corrected chi connectivity index (χ4v) is 2.08. The molecule has 0 saturated heterocycles. The first kappa shape index (κ1) is 12.0. The smallest absolute Gasteiger partial charge is 0.167 e. The van der Waals surface area contributed by atoms with Crippen LogP contribution in [0.2, 0.25) is 0 Å². The molecule has 0 fully saturated rings. The Kier molecular flexibility index (Phi) is 3.93. The van der Waals surface area contributed by atoms with Crippen LogP contribution in [0.5, 0.6) is 0 Å². The van der Waals surface area contributed by atoms with Gasteiger partial charge in [-0.2, -0.15) is 13.2 Å². The van der Waals surface area contributed by atoms with E-state index in [1.807, 2.05) is 0 Å². The Morgan fingerprint density at radius 3 is 1.54 bits per heavy atom. The Hall–Kier alpha value is -1.03. The lowest BCUT2D eigenvalue weighted by atomic mass is 10.6. The number of hydrogen-bond acceptors (Lipinski definition) is 0. The fourth-order valence-electron chi connectivity index (χ4n) is 0.693. The van der Waals surface area contributed by atoms with Crippen molar-refractivity contribution in [3.05, 3.63) is 48.6 Å². The van der Waals surface area contributed by atoms with Crippen LogP contribution in [-0.4, -0.2) is 14.3 Å². The van der Waals surface area contributed by atoms with Crippen molar-refractivity contribution < 1.29 is 13.2 Å². The summed E-state index contributed by atoms with van der Waals surface area (Å²) in [5, 5.41) is 0. The Morgan fingerprint density at radius 1 is 0.923 bits per heavy atom. The van der Waals surface area contributed by atoms with Crippen molar-refractivity contribution in [1.82, 2.24) is 0 Å². The number of alkyl halides is 3. The molecular weight excluding hydrogens is 193 g/mol. The van der Waals surface area contributed by atoms with Gasteiger partial charge in [-0.1, -0.05) is 22.8 Å². The van der Waals surface area contributed by atoms with Crippen LogP contribution in [0.4, 0.5) is 13.2 Å². The molecule has 0 saturated carbocycles. The monoisotopic (exact) mass is 204 g/mol. The van der Waals surface area contributed by atoms with E-state index in [9.17, 15) is 13.2 Å². The molecule has 0 bridgehead atoms. The third kappa shape index (κ3) is 3.94. The van der Waals surface area contributed by atoms with Gasteiger partial charge < -0.3 is 0 Å². The van der Waals surface area contributed by atoms with Crippen molar-refractivity contribution in [2.24, 2.45) is 0 Å². The molecule has 0 aliphatic rings. The predicted octanol–water partition coefficient (Wildman–Crippen LogP) is 3.27. The van der Waals surface area contributed by atoms with E-state index >= 15 is 0 Å². The highest BCUT2D eigenvalue weighted by atomic mass is 28.3. The Bertz CT molecular complexity index is 216. The molecule has 0 rings (SSSR count). The minimum Gasteiger partial charge on any atom is -0.167 e. The van der Waals surface area contributed by atoms with E-state index in [1.165, 1.54) is 17.1 Å². The van der Waals surface area contributed by atoms with Crippen LogP contribution in [0.15, 0.2) is 48.6 Å². The topological polar surface area (TPSA) is 0 Å². The van der Waals surface area contributed by atoms with Gasteiger partial charge in [-0.25, -0.2) is 0 Å². The molecular formula is C9H11F3Si. The van der Waals surface area contributed by atoms with Crippen LogP contribution in [-0.2, 0) is 0 Å². The summed E-state index contributed by atoms with van der Waals surface area (Å²) < 4.78 is 35.5. The van der Waals surface area contributed by atoms with Crippen LogP contribution in [0.3, 0.4) is 0 Å². The van der Waals surface area contributed by atoms with E-state index in [1.54, 1.807) is 0 Å². The van der Waals surface area contributed by atoms with Gasteiger partial charge in [-0.15, -0.1) is 19.7 Å². The van der Waals surface area contributed by atoms with Crippen molar-refractivity contribution >= 4 is 8.07 Å². The maximum Gasteiger partial charge on any atom is 0.409 e. The van der Waals surface area contributed by atoms with E-state index in [0.717, 1.165) is 5.70 Å². The lowest BCUT2D eigenvalue weighted by Gasteiger charge is -2.13. The molecule has 72 valence electrons. The molecule has 0 atom stereocenters. The molecule has 4 heteroatoms. The van der Waals surface area contributed by atoms with Crippen molar-refractivity contribution in [3.8, 4) is 0 Å². The second-order valence-electron chi connectivity index (χ2n) is 2.49. The first-order valence-electron chi connectivity index (χ1n) is 3.57. The number of allylic oxidation sites excluding steroid dienone is 1. The summed E-state index contributed by atoms with van der Waals surface area (Å²) in [6.45, 7) is 10.4. The highest BCUT2D eigenvalue weighted by molar-refractivity contribution is 6.97. The largest absolute Gasteiger partial charge is 0.409 e. The van der Waals surface area contributed by atoms with Crippen molar-refractivity contribution in [1.29, 1.82) is 0 Å². The van der Waals surface area contributed by atoms with Crippen LogP contribution < -0.4 is 0 Å². The first-order chi connectivity index (χ1) is 5.89. The summed E-state index contributed by atoms with van der Waals surface area (Å²) >= 11 is 0. The predicted molar refractivity (Wildman–Crippen MR) is 51.5 cm³/mol. The van der Waals surface area contributed by atoms with Crippen molar-refractivity contribution in [3.63, 3.8) is 0 Å². The van der Waals surface area contributed by atoms with Crippen molar-refractivity contribution in [2.75, 3.05) is 0 Å². The molecule has 0 aliphatic heterocycles. The molecule has 0 aliphatic carbocycles. The van der Waals surface area contributed by atoms with E-state index in [4.69, 9.17) is 0 Å². The Labute approximate surface area is 76.8 Å². The minimum atomic E-state index is -4.28. The highest BCUT2D eigenvalue weighted by Crippen LogP contribution is 2.19. The molecule has 0 aromatic carbocycles. The zero-order valence-electron chi connectivity index (χ0n) is 7.14. The third-order valence-corrected chi connectivity index (χ3v) is 4.49. The molecule has 0 N–H and O–H groups in total. The molecule has 0 spiro atoms. The zero-order valence-corrected chi connectivity index (χ0v) is 8.14. The Morgan fingerprint density at radius 2 is 1.31 bits per heavy atom. The van der Waals surface area contributed by atoms with Gasteiger partial charge in [-0.05, 0) is 0 Å². The summed E-state index contributed by atoms with van der Waals surface area (Å²) in [4.78, 5) is 0. The van der Waals surface area contributed by atoms with Gasteiger partial charge in [0.15, 0.2) is 0 Å². The van der Waals surface area contributed by atoms with Gasteiger partial charge in [-0.3, -0.25) is 0 Å². The minimum absolute atomic E-state index is 0.213. The normalized spacial score (nSPS) is 12.8. The summed E-state index contributed by atoms with van der Waals surface area (Å²) in [5.41, 5.74) is 5.54. The maximum absolute atomic E-state index is 11.8. The van der Waals surface area contributed by atoms with Gasteiger partial charge in [0.1, 0.15) is 8.07 Å². The SMILES string of the molecule is C=C[Si](C=C)(C=C)C=CC(F)(F)F. The van der Waals surface area contributed by atoms with Gasteiger partial charge in [0, 0.05) is 6.08 Å². The van der Waals surface area contributed by atoms with Gasteiger partial charge in [0.25, 0.3) is 0 Å². The van der Waals surface area contributed by atoms with E-state index in [2.05, 4.69) is 19.7 Å². The third-order valence-electron chi connectivity index (χ3n) is 1.62. The molecule has 0 radical (unpaired) electrons.